The lowest BCUT2D eigenvalue weighted by molar-refractivity contribution is 0.0470. The van der Waals surface area contributed by atoms with Crippen LogP contribution in [0.3, 0.4) is 0 Å². The summed E-state index contributed by atoms with van der Waals surface area (Å²) < 4.78 is 0. The van der Waals surface area contributed by atoms with Gasteiger partial charge in [-0.25, -0.2) is 0 Å². The zero-order valence-corrected chi connectivity index (χ0v) is 14.4. The second kappa shape index (κ2) is 6.55. The van der Waals surface area contributed by atoms with Crippen molar-refractivity contribution < 1.29 is 0 Å². The molecule has 0 aromatic heterocycles. The van der Waals surface area contributed by atoms with E-state index in [4.69, 9.17) is 0 Å². The first kappa shape index (κ1) is 15.8. The van der Waals surface area contributed by atoms with Crippen molar-refractivity contribution in [1.29, 1.82) is 0 Å². The SMILES string of the molecule is CCNC1C(CN2CCN3CCCC3C2)CCCC1(C)C. The summed E-state index contributed by atoms with van der Waals surface area (Å²) in [6, 6.07) is 1.57. The molecule has 3 unspecified atom stereocenters. The molecule has 1 aliphatic carbocycles. The van der Waals surface area contributed by atoms with E-state index in [1.165, 1.54) is 64.8 Å². The summed E-state index contributed by atoms with van der Waals surface area (Å²) in [5, 5.41) is 3.82. The Morgan fingerprint density at radius 1 is 1.10 bits per heavy atom. The van der Waals surface area contributed by atoms with Crippen molar-refractivity contribution in [2.24, 2.45) is 11.3 Å². The summed E-state index contributed by atoms with van der Waals surface area (Å²) >= 11 is 0. The minimum atomic E-state index is 0.466. The minimum absolute atomic E-state index is 0.466. The third kappa shape index (κ3) is 3.46. The Hall–Kier alpha value is -0.120. The van der Waals surface area contributed by atoms with Crippen molar-refractivity contribution in [3.63, 3.8) is 0 Å². The first-order chi connectivity index (χ1) is 10.1. The van der Waals surface area contributed by atoms with Crippen LogP contribution in [0.5, 0.6) is 0 Å². The van der Waals surface area contributed by atoms with Crippen LogP contribution in [-0.4, -0.2) is 61.2 Å². The van der Waals surface area contributed by atoms with Crippen LogP contribution in [0.15, 0.2) is 0 Å². The first-order valence-corrected chi connectivity index (χ1v) is 9.30. The smallest absolute Gasteiger partial charge is 0.0224 e. The van der Waals surface area contributed by atoms with Gasteiger partial charge in [-0.1, -0.05) is 27.2 Å². The monoisotopic (exact) mass is 293 g/mol. The summed E-state index contributed by atoms with van der Waals surface area (Å²) in [5.41, 5.74) is 0.466. The fourth-order valence-electron chi connectivity index (χ4n) is 5.19. The third-order valence-electron chi connectivity index (χ3n) is 6.30. The molecule has 2 heterocycles. The molecule has 3 rings (SSSR count). The summed E-state index contributed by atoms with van der Waals surface area (Å²) in [4.78, 5) is 5.51. The van der Waals surface area contributed by atoms with E-state index in [1.54, 1.807) is 0 Å². The molecular formula is C18H35N3. The summed E-state index contributed by atoms with van der Waals surface area (Å²) in [6.45, 7) is 14.9. The van der Waals surface area contributed by atoms with Gasteiger partial charge in [-0.05, 0) is 50.1 Å². The number of hydrogen-bond acceptors (Lipinski definition) is 3. The van der Waals surface area contributed by atoms with E-state index in [0.29, 0.717) is 11.5 Å². The molecule has 3 atom stereocenters. The minimum Gasteiger partial charge on any atom is -0.313 e. The van der Waals surface area contributed by atoms with Gasteiger partial charge in [0.25, 0.3) is 0 Å². The second-order valence-corrected chi connectivity index (χ2v) is 8.27. The van der Waals surface area contributed by atoms with Gasteiger partial charge in [0.05, 0.1) is 0 Å². The predicted molar refractivity (Wildman–Crippen MR) is 89.6 cm³/mol. The van der Waals surface area contributed by atoms with Gasteiger partial charge in [-0.15, -0.1) is 0 Å². The molecule has 1 N–H and O–H groups in total. The molecule has 0 amide bonds. The molecular weight excluding hydrogens is 258 g/mol. The number of fused-ring (bicyclic) bond motifs is 1. The van der Waals surface area contributed by atoms with Gasteiger partial charge in [-0.2, -0.15) is 0 Å². The highest BCUT2D eigenvalue weighted by Gasteiger charge is 2.40. The van der Waals surface area contributed by atoms with Crippen LogP contribution in [0.2, 0.25) is 0 Å². The van der Waals surface area contributed by atoms with E-state index in [9.17, 15) is 0 Å². The van der Waals surface area contributed by atoms with E-state index < -0.39 is 0 Å². The van der Waals surface area contributed by atoms with Crippen molar-refractivity contribution in [3.05, 3.63) is 0 Å². The Morgan fingerprint density at radius 3 is 2.76 bits per heavy atom. The van der Waals surface area contributed by atoms with Crippen molar-refractivity contribution in [3.8, 4) is 0 Å². The number of hydrogen-bond donors (Lipinski definition) is 1. The maximum absolute atomic E-state index is 3.82. The van der Waals surface area contributed by atoms with Gasteiger partial charge in [0.15, 0.2) is 0 Å². The van der Waals surface area contributed by atoms with Crippen molar-refractivity contribution in [1.82, 2.24) is 15.1 Å². The average molecular weight is 293 g/mol. The third-order valence-corrected chi connectivity index (χ3v) is 6.30. The highest BCUT2D eigenvalue weighted by Crippen LogP contribution is 2.39. The van der Waals surface area contributed by atoms with Crippen molar-refractivity contribution in [2.45, 2.75) is 65.0 Å². The van der Waals surface area contributed by atoms with Crippen LogP contribution < -0.4 is 5.32 Å². The van der Waals surface area contributed by atoms with E-state index in [1.807, 2.05) is 0 Å². The van der Waals surface area contributed by atoms with Gasteiger partial charge in [0.2, 0.25) is 0 Å². The average Bonchev–Trinajstić information content (AvgIpc) is 2.90. The molecule has 0 aromatic carbocycles. The lowest BCUT2D eigenvalue weighted by atomic mass is 9.67. The Balaban J connectivity index is 1.59. The molecule has 0 radical (unpaired) electrons. The number of nitrogens with one attached hydrogen (secondary N) is 1. The molecule has 3 aliphatic rings. The molecule has 2 saturated heterocycles. The topological polar surface area (TPSA) is 18.5 Å². The molecule has 0 spiro atoms. The zero-order valence-electron chi connectivity index (χ0n) is 14.4. The molecule has 122 valence electrons. The normalized spacial score (nSPS) is 37.6. The van der Waals surface area contributed by atoms with Crippen LogP contribution in [0.25, 0.3) is 0 Å². The van der Waals surface area contributed by atoms with E-state index in [0.717, 1.165) is 18.5 Å². The van der Waals surface area contributed by atoms with Gasteiger partial charge < -0.3 is 10.2 Å². The molecule has 1 saturated carbocycles. The van der Waals surface area contributed by atoms with Crippen LogP contribution >= 0.6 is 0 Å². The summed E-state index contributed by atoms with van der Waals surface area (Å²) in [6.07, 6.45) is 7.09. The molecule has 2 aliphatic heterocycles. The standard InChI is InChI=1S/C18H35N3/c1-4-19-17-15(7-5-9-18(17,2)3)13-20-11-12-21-10-6-8-16(21)14-20/h15-17,19H,4-14H2,1-3H3. The van der Waals surface area contributed by atoms with Crippen LogP contribution in [0, 0.1) is 11.3 Å². The van der Waals surface area contributed by atoms with E-state index in [2.05, 4.69) is 35.9 Å². The van der Waals surface area contributed by atoms with Gasteiger partial charge in [0, 0.05) is 38.3 Å². The van der Waals surface area contributed by atoms with Crippen LogP contribution in [0.1, 0.15) is 52.9 Å². The van der Waals surface area contributed by atoms with Gasteiger partial charge in [-0.3, -0.25) is 4.90 Å². The maximum Gasteiger partial charge on any atom is 0.0224 e. The molecule has 3 heteroatoms. The highest BCUT2D eigenvalue weighted by molar-refractivity contribution is 4.95. The lowest BCUT2D eigenvalue weighted by Crippen LogP contribution is -2.56. The first-order valence-electron chi connectivity index (χ1n) is 9.30. The van der Waals surface area contributed by atoms with Crippen molar-refractivity contribution in [2.75, 3.05) is 39.3 Å². The Bertz CT molecular complexity index is 341. The molecule has 0 aromatic rings. The summed E-state index contributed by atoms with van der Waals surface area (Å²) in [5.74, 6) is 0.849. The number of piperazine rings is 1. The predicted octanol–water partition coefficient (Wildman–Crippen LogP) is 2.57. The maximum atomic E-state index is 3.82. The van der Waals surface area contributed by atoms with Crippen molar-refractivity contribution >= 4 is 0 Å². The van der Waals surface area contributed by atoms with Crippen LogP contribution in [0.4, 0.5) is 0 Å². The second-order valence-electron chi connectivity index (χ2n) is 8.27. The highest BCUT2D eigenvalue weighted by atomic mass is 15.3. The lowest BCUT2D eigenvalue weighted by Gasteiger charge is -2.47. The quantitative estimate of drug-likeness (QED) is 0.859. The number of rotatable bonds is 4. The number of nitrogens with zero attached hydrogens (tertiary/aromatic N) is 2. The Morgan fingerprint density at radius 2 is 1.95 bits per heavy atom. The molecule has 21 heavy (non-hydrogen) atoms. The van der Waals surface area contributed by atoms with Gasteiger partial charge >= 0.3 is 0 Å². The molecule has 3 fully saturated rings. The fraction of sp³-hybridized carbons (Fsp3) is 1.00. The van der Waals surface area contributed by atoms with E-state index in [-0.39, 0.29) is 0 Å². The van der Waals surface area contributed by atoms with E-state index >= 15 is 0 Å². The zero-order chi connectivity index (χ0) is 14.9. The van der Waals surface area contributed by atoms with Gasteiger partial charge in [0.1, 0.15) is 0 Å². The summed E-state index contributed by atoms with van der Waals surface area (Å²) in [7, 11) is 0. The van der Waals surface area contributed by atoms with Crippen LogP contribution in [-0.2, 0) is 0 Å². The fourth-order valence-corrected chi connectivity index (χ4v) is 5.19. The largest absolute Gasteiger partial charge is 0.313 e. The Kier molecular flexibility index (Phi) is 4.92. The Labute approximate surface area is 131 Å². The molecule has 3 nitrogen and oxygen atoms in total. The molecule has 0 bridgehead atoms.